The molecule has 1 unspecified atom stereocenters. The number of carbonyl (C=O) groups excluding carboxylic acids is 1. The number of anilines is 1. The molecule has 0 aromatic heterocycles. The molecule has 19 heavy (non-hydrogen) atoms. The van der Waals surface area contributed by atoms with E-state index in [1.54, 1.807) is 23.1 Å². The van der Waals surface area contributed by atoms with Gasteiger partial charge < -0.3 is 25.2 Å². The van der Waals surface area contributed by atoms with Crippen molar-refractivity contribution in [2.24, 2.45) is 0 Å². The Balaban J connectivity index is 2.32. The Morgan fingerprint density at radius 2 is 2.42 bits per heavy atom. The molecular formula is C13H18N2O4. The van der Waals surface area contributed by atoms with Crippen LogP contribution in [0.5, 0.6) is 5.75 Å². The molecule has 1 fully saturated rings. The summed E-state index contributed by atoms with van der Waals surface area (Å²) in [6.07, 6.45) is 0. The molecule has 1 aliphatic rings. The summed E-state index contributed by atoms with van der Waals surface area (Å²) in [5.74, 6) is 0.200. The lowest BCUT2D eigenvalue weighted by molar-refractivity contribution is -0.0184. The Labute approximate surface area is 111 Å². The molecule has 0 saturated carbocycles. The van der Waals surface area contributed by atoms with Gasteiger partial charge >= 0.3 is 0 Å². The summed E-state index contributed by atoms with van der Waals surface area (Å²) >= 11 is 0. The molecule has 3 N–H and O–H groups in total. The number of ether oxygens (including phenoxy) is 2. The standard InChI is InChI=1S/C13H18N2O4/c1-18-11-4-2-3-10(14)12(11)13(17)15-5-6-19-8-9(15)7-16/h2-4,9,16H,5-8,14H2,1H3. The zero-order valence-corrected chi connectivity index (χ0v) is 10.8. The number of aliphatic hydroxyl groups is 1. The van der Waals surface area contributed by atoms with Crippen LogP contribution in [0.15, 0.2) is 18.2 Å². The van der Waals surface area contributed by atoms with Gasteiger partial charge in [0, 0.05) is 12.2 Å². The van der Waals surface area contributed by atoms with E-state index in [2.05, 4.69) is 0 Å². The van der Waals surface area contributed by atoms with Crippen LogP contribution in [0.3, 0.4) is 0 Å². The first-order chi connectivity index (χ1) is 9.19. The van der Waals surface area contributed by atoms with Crippen LogP contribution in [0.4, 0.5) is 5.69 Å². The van der Waals surface area contributed by atoms with Crippen LogP contribution in [0.2, 0.25) is 0 Å². The minimum Gasteiger partial charge on any atom is -0.496 e. The summed E-state index contributed by atoms with van der Waals surface area (Å²) in [6, 6.07) is 4.74. The predicted molar refractivity (Wildman–Crippen MR) is 70.1 cm³/mol. The van der Waals surface area contributed by atoms with Crippen molar-refractivity contribution in [2.45, 2.75) is 6.04 Å². The van der Waals surface area contributed by atoms with Crippen molar-refractivity contribution in [3.8, 4) is 5.75 Å². The van der Waals surface area contributed by atoms with Crippen molar-refractivity contribution in [3.05, 3.63) is 23.8 Å². The number of morpholine rings is 1. The van der Waals surface area contributed by atoms with E-state index in [1.807, 2.05) is 0 Å². The molecular weight excluding hydrogens is 248 g/mol. The van der Waals surface area contributed by atoms with Crippen LogP contribution >= 0.6 is 0 Å². The number of hydrogen-bond acceptors (Lipinski definition) is 5. The summed E-state index contributed by atoms with van der Waals surface area (Å²) in [5, 5.41) is 9.32. The molecule has 0 radical (unpaired) electrons. The highest BCUT2D eigenvalue weighted by Gasteiger charge is 2.30. The monoisotopic (exact) mass is 266 g/mol. The Hall–Kier alpha value is -1.79. The van der Waals surface area contributed by atoms with Crippen molar-refractivity contribution in [1.82, 2.24) is 4.90 Å². The quantitative estimate of drug-likeness (QED) is 0.759. The Morgan fingerprint density at radius 1 is 1.63 bits per heavy atom. The average Bonchev–Trinajstić information content (AvgIpc) is 2.46. The zero-order valence-electron chi connectivity index (χ0n) is 10.8. The first-order valence-electron chi connectivity index (χ1n) is 6.11. The van der Waals surface area contributed by atoms with Crippen molar-refractivity contribution in [1.29, 1.82) is 0 Å². The van der Waals surface area contributed by atoms with Crippen molar-refractivity contribution < 1.29 is 19.4 Å². The predicted octanol–water partition coefficient (Wildman–Crippen LogP) is 0.111. The minimum absolute atomic E-state index is 0.138. The number of rotatable bonds is 3. The minimum atomic E-state index is -0.342. The van der Waals surface area contributed by atoms with Crippen LogP contribution < -0.4 is 10.5 Å². The summed E-state index contributed by atoms with van der Waals surface area (Å²) in [4.78, 5) is 14.1. The number of amides is 1. The first kappa shape index (κ1) is 13.6. The smallest absolute Gasteiger partial charge is 0.260 e. The van der Waals surface area contributed by atoms with Crippen LogP contribution in [0.25, 0.3) is 0 Å². The second kappa shape index (κ2) is 5.90. The van der Waals surface area contributed by atoms with Gasteiger partial charge in [-0.1, -0.05) is 6.07 Å². The van der Waals surface area contributed by atoms with Crippen molar-refractivity contribution >= 4 is 11.6 Å². The maximum Gasteiger partial charge on any atom is 0.260 e. The Kier molecular flexibility index (Phi) is 4.24. The maximum absolute atomic E-state index is 12.6. The highest BCUT2D eigenvalue weighted by Crippen LogP contribution is 2.26. The highest BCUT2D eigenvalue weighted by atomic mass is 16.5. The van der Waals surface area contributed by atoms with E-state index in [1.165, 1.54) is 7.11 Å². The summed E-state index contributed by atoms with van der Waals surface area (Å²) in [7, 11) is 1.49. The van der Waals surface area contributed by atoms with Gasteiger partial charge in [-0.05, 0) is 12.1 Å². The van der Waals surface area contributed by atoms with Gasteiger partial charge in [-0.15, -0.1) is 0 Å². The Bertz CT molecular complexity index is 464. The van der Waals surface area contributed by atoms with E-state index in [4.69, 9.17) is 15.2 Å². The molecule has 1 aliphatic heterocycles. The van der Waals surface area contributed by atoms with Crippen molar-refractivity contribution in [2.75, 3.05) is 39.2 Å². The average molecular weight is 266 g/mol. The number of aliphatic hydroxyl groups excluding tert-OH is 1. The number of hydrogen-bond donors (Lipinski definition) is 2. The number of nitrogens with two attached hydrogens (primary N) is 1. The second-order valence-corrected chi connectivity index (χ2v) is 4.33. The third-order valence-electron chi connectivity index (χ3n) is 3.19. The van der Waals surface area contributed by atoms with Crippen LogP contribution in [-0.4, -0.2) is 55.4 Å². The number of nitrogens with zero attached hydrogens (tertiary/aromatic N) is 1. The van der Waals surface area contributed by atoms with Gasteiger partial charge in [-0.25, -0.2) is 0 Å². The fourth-order valence-corrected chi connectivity index (χ4v) is 2.16. The van der Waals surface area contributed by atoms with Gasteiger partial charge in [-0.3, -0.25) is 4.79 Å². The van der Waals surface area contributed by atoms with E-state index in [0.29, 0.717) is 36.8 Å². The number of benzene rings is 1. The lowest BCUT2D eigenvalue weighted by atomic mass is 10.1. The first-order valence-corrected chi connectivity index (χ1v) is 6.11. The van der Waals surface area contributed by atoms with Gasteiger partial charge in [0.2, 0.25) is 0 Å². The van der Waals surface area contributed by atoms with Gasteiger partial charge in [-0.2, -0.15) is 0 Å². The lowest BCUT2D eigenvalue weighted by Crippen LogP contribution is -2.50. The van der Waals surface area contributed by atoms with Crippen LogP contribution in [-0.2, 0) is 4.74 Å². The number of methoxy groups -OCH3 is 1. The van der Waals surface area contributed by atoms with Crippen LogP contribution in [0, 0.1) is 0 Å². The molecule has 1 aromatic rings. The molecule has 0 aliphatic carbocycles. The van der Waals surface area contributed by atoms with Gasteiger partial charge in [0.05, 0.1) is 33.0 Å². The molecule has 104 valence electrons. The molecule has 6 nitrogen and oxygen atoms in total. The van der Waals surface area contributed by atoms with E-state index in [-0.39, 0.29) is 18.6 Å². The molecule has 1 aromatic carbocycles. The second-order valence-electron chi connectivity index (χ2n) is 4.33. The molecule has 6 heteroatoms. The molecule has 1 saturated heterocycles. The van der Waals surface area contributed by atoms with Gasteiger partial charge in [0.15, 0.2) is 0 Å². The maximum atomic E-state index is 12.6. The lowest BCUT2D eigenvalue weighted by Gasteiger charge is -2.35. The third kappa shape index (κ3) is 2.64. The fourth-order valence-electron chi connectivity index (χ4n) is 2.16. The summed E-state index contributed by atoms with van der Waals surface area (Å²) in [6.45, 7) is 1.08. The van der Waals surface area contributed by atoms with Crippen molar-refractivity contribution in [3.63, 3.8) is 0 Å². The van der Waals surface area contributed by atoms with Crippen LogP contribution in [0.1, 0.15) is 10.4 Å². The molecule has 2 rings (SSSR count). The van der Waals surface area contributed by atoms with E-state index in [0.717, 1.165) is 0 Å². The van der Waals surface area contributed by atoms with E-state index < -0.39 is 0 Å². The molecule has 1 atom stereocenters. The van der Waals surface area contributed by atoms with Gasteiger partial charge in [0.25, 0.3) is 5.91 Å². The summed E-state index contributed by atoms with van der Waals surface area (Å²) in [5.41, 5.74) is 6.58. The topological polar surface area (TPSA) is 85.0 Å². The van der Waals surface area contributed by atoms with Gasteiger partial charge in [0.1, 0.15) is 11.3 Å². The number of nitrogen functional groups attached to an aromatic ring is 1. The molecule has 0 spiro atoms. The molecule has 1 amide bonds. The van der Waals surface area contributed by atoms with E-state index >= 15 is 0 Å². The van der Waals surface area contributed by atoms with E-state index in [9.17, 15) is 9.90 Å². The fraction of sp³-hybridized carbons (Fsp3) is 0.462. The molecule has 1 heterocycles. The molecule has 0 bridgehead atoms. The SMILES string of the molecule is COc1cccc(N)c1C(=O)N1CCOCC1CO. The zero-order chi connectivity index (χ0) is 13.8. The normalized spacial score (nSPS) is 19.3. The highest BCUT2D eigenvalue weighted by molar-refractivity contribution is 6.02. The third-order valence-corrected chi connectivity index (χ3v) is 3.19. The largest absolute Gasteiger partial charge is 0.496 e. The number of carbonyl (C=O) groups is 1. The Morgan fingerprint density at radius 3 is 3.11 bits per heavy atom. The summed E-state index contributed by atoms with van der Waals surface area (Å²) < 4.78 is 10.4.